The molecule has 1 aromatic heterocycles. The van der Waals surface area contributed by atoms with Crippen molar-refractivity contribution in [3.8, 4) is 5.69 Å². The molecule has 1 heterocycles. The summed E-state index contributed by atoms with van der Waals surface area (Å²) in [5, 5.41) is 13.3. The minimum atomic E-state index is -0.853. The smallest absolute Gasteiger partial charge is 0.337 e. The molecule has 1 aliphatic carbocycles. The number of hydrogen-bond acceptors (Lipinski definition) is 2. The summed E-state index contributed by atoms with van der Waals surface area (Å²) in [6, 6.07) is 8.22. The molecule has 0 saturated heterocycles. The van der Waals surface area contributed by atoms with E-state index in [4.69, 9.17) is 0 Å². The number of nitrogens with zero attached hydrogens (tertiary/aromatic N) is 1. The highest BCUT2D eigenvalue weighted by Gasteiger charge is 2.23. The van der Waals surface area contributed by atoms with Crippen molar-refractivity contribution in [3.05, 3.63) is 64.0 Å². The second kappa shape index (κ2) is 8.57. The van der Waals surface area contributed by atoms with Gasteiger partial charge in [0.05, 0.1) is 5.56 Å². The lowest BCUT2D eigenvalue weighted by Gasteiger charge is -2.13. The molecule has 0 unspecified atom stereocenters. The maximum atomic E-state index is 11.9. The maximum Gasteiger partial charge on any atom is 0.337 e. The van der Waals surface area contributed by atoms with Crippen LogP contribution in [0.1, 0.15) is 65.0 Å². The van der Waals surface area contributed by atoms with E-state index in [0.717, 1.165) is 35.6 Å². The topological polar surface area (TPSA) is 54.3 Å². The molecular weight excluding hydrogens is 336 g/mol. The fourth-order valence-corrected chi connectivity index (χ4v) is 4.07. The van der Waals surface area contributed by atoms with E-state index in [1.165, 1.54) is 36.8 Å². The second-order valence-electron chi connectivity index (χ2n) is 7.54. The van der Waals surface area contributed by atoms with Gasteiger partial charge >= 0.3 is 5.97 Å². The highest BCUT2D eigenvalue weighted by atomic mass is 16.4. The lowest BCUT2D eigenvalue weighted by Crippen LogP contribution is -2.18. The van der Waals surface area contributed by atoms with Gasteiger partial charge in [0.15, 0.2) is 0 Å². The Balaban J connectivity index is 1.79. The van der Waals surface area contributed by atoms with Crippen LogP contribution < -0.4 is 5.32 Å². The van der Waals surface area contributed by atoms with Crippen LogP contribution in [0.5, 0.6) is 0 Å². The summed E-state index contributed by atoms with van der Waals surface area (Å²) in [5.41, 5.74) is 6.84. The number of aromatic carboxylic acids is 1. The van der Waals surface area contributed by atoms with E-state index in [1.807, 2.05) is 26.0 Å². The lowest BCUT2D eigenvalue weighted by atomic mass is 9.97. The van der Waals surface area contributed by atoms with E-state index in [9.17, 15) is 9.90 Å². The SMILES string of the molecule is Cc1ccc(-n2c(C)c(CNCCC3=CCCCC3)c(C(=O)O)c2C)cc1. The molecule has 4 nitrogen and oxygen atoms in total. The molecule has 0 radical (unpaired) electrons. The van der Waals surface area contributed by atoms with Crippen molar-refractivity contribution in [1.82, 2.24) is 9.88 Å². The predicted octanol–water partition coefficient (Wildman–Crippen LogP) is 5.08. The average molecular weight is 367 g/mol. The van der Waals surface area contributed by atoms with Crippen LogP contribution in [-0.2, 0) is 6.54 Å². The van der Waals surface area contributed by atoms with Gasteiger partial charge in [-0.1, -0.05) is 29.3 Å². The zero-order valence-corrected chi connectivity index (χ0v) is 16.6. The van der Waals surface area contributed by atoms with E-state index < -0.39 is 5.97 Å². The summed E-state index contributed by atoms with van der Waals surface area (Å²) < 4.78 is 2.06. The van der Waals surface area contributed by atoms with Gasteiger partial charge in [-0.3, -0.25) is 0 Å². The highest BCUT2D eigenvalue weighted by Crippen LogP contribution is 2.27. The minimum Gasteiger partial charge on any atom is -0.478 e. The zero-order valence-electron chi connectivity index (χ0n) is 16.6. The van der Waals surface area contributed by atoms with Crippen molar-refractivity contribution in [3.63, 3.8) is 0 Å². The molecule has 1 aromatic carbocycles. The summed E-state index contributed by atoms with van der Waals surface area (Å²) in [7, 11) is 0. The third-order valence-electron chi connectivity index (χ3n) is 5.59. The van der Waals surface area contributed by atoms with Crippen LogP contribution in [-0.4, -0.2) is 22.2 Å². The number of carbonyl (C=O) groups is 1. The van der Waals surface area contributed by atoms with Gasteiger partial charge in [-0.05, 0) is 71.6 Å². The Hall–Kier alpha value is -2.33. The van der Waals surface area contributed by atoms with Gasteiger partial charge in [-0.15, -0.1) is 0 Å². The molecule has 27 heavy (non-hydrogen) atoms. The quantitative estimate of drug-likeness (QED) is 0.531. The highest BCUT2D eigenvalue weighted by molar-refractivity contribution is 5.91. The molecule has 1 aliphatic rings. The molecular formula is C23H30N2O2. The van der Waals surface area contributed by atoms with Gasteiger partial charge in [-0.25, -0.2) is 4.79 Å². The number of carboxylic acids is 1. The predicted molar refractivity (Wildman–Crippen MR) is 110 cm³/mol. The molecule has 0 amide bonds. The van der Waals surface area contributed by atoms with Gasteiger partial charge < -0.3 is 15.0 Å². The molecule has 0 fully saturated rings. The minimum absolute atomic E-state index is 0.428. The number of benzene rings is 1. The van der Waals surface area contributed by atoms with Crippen LogP contribution in [0.2, 0.25) is 0 Å². The van der Waals surface area contributed by atoms with Crippen LogP contribution >= 0.6 is 0 Å². The third kappa shape index (κ3) is 4.33. The van der Waals surface area contributed by atoms with E-state index in [2.05, 4.69) is 35.0 Å². The molecule has 4 heteroatoms. The molecule has 2 aromatic rings. The number of allylic oxidation sites excluding steroid dienone is 1. The van der Waals surface area contributed by atoms with Crippen molar-refractivity contribution in [2.24, 2.45) is 0 Å². The fourth-order valence-electron chi connectivity index (χ4n) is 4.07. The van der Waals surface area contributed by atoms with Crippen LogP contribution in [0, 0.1) is 20.8 Å². The number of carboxylic acid groups (broad SMARTS) is 1. The first-order valence-corrected chi connectivity index (χ1v) is 9.88. The van der Waals surface area contributed by atoms with Crippen molar-refractivity contribution >= 4 is 5.97 Å². The Labute approximate surface area is 161 Å². The molecule has 144 valence electrons. The Morgan fingerprint density at radius 3 is 2.48 bits per heavy atom. The largest absolute Gasteiger partial charge is 0.478 e. The maximum absolute atomic E-state index is 11.9. The first kappa shape index (κ1) is 19.4. The molecule has 0 bridgehead atoms. The monoisotopic (exact) mass is 366 g/mol. The summed E-state index contributed by atoms with van der Waals surface area (Å²) in [6.45, 7) is 7.44. The van der Waals surface area contributed by atoms with Crippen molar-refractivity contribution < 1.29 is 9.90 Å². The van der Waals surface area contributed by atoms with Gasteiger partial charge in [0, 0.05) is 29.2 Å². The summed E-state index contributed by atoms with van der Waals surface area (Å²) in [5.74, 6) is -0.853. The number of aromatic nitrogens is 1. The molecule has 0 saturated carbocycles. The Bertz CT molecular complexity index is 844. The zero-order chi connectivity index (χ0) is 19.4. The van der Waals surface area contributed by atoms with E-state index in [1.54, 1.807) is 0 Å². The molecule has 0 spiro atoms. The Morgan fingerprint density at radius 1 is 1.11 bits per heavy atom. The van der Waals surface area contributed by atoms with Gasteiger partial charge in [-0.2, -0.15) is 0 Å². The second-order valence-corrected chi connectivity index (χ2v) is 7.54. The van der Waals surface area contributed by atoms with Crippen LogP contribution in [0.15, 0.2) is 35.9 Å². The van der Waals surface area contributed by atoms with Crippen LogP contribution in [0.25, 0.3) is 5.69 Å². The first-order chi connectivity index (χ1) is 13.0. The van der Waals surface area contributed by atoms with E-state index in [0.29, 0.717) is 12.1 Å². The van der Waals surface area contributed by atoms with Gasteiger partial charge in [0.1, 0.15) is 0 Å². The normalized spacial score (nSPS) is 14.3. The summed E-state index contributed by atoms with van der Waals surface area (Å²) >= 11 is 0. The van der Waals surface area contributed by atoms with Crippen molar-refractivity contribution in [1.29, 1.82) is 0 Å². The average Bonchev–Trinajstić information content (AvgIpc) is 2.91. The van der Waals surface area contributed by atoms with E-state index in [-0.39, 0.29) is 0 Å². The Kier molecular flexibility index (Phi) is 6.17. The number of rotatable bonds is 7. The van der Waals surface area contributed by atoms with Gasteiger partial charge in [0.2, 0.25) is 0 Å². The number of aryl methyl sites for hydroxylation is 1. The first-order valence-electron chi connectivity index (χ1n) is 9.88. The van der Waals surface area contributed by atoms with Crippen molar-refractivity contribution in [2.75, 3.05) is 6.54 Å². The number of hydrogen-bond donors (Lipinski definition) is 2. The van der Waals surface area contributed by atoms with E-state index >= 15 is 0 Å². The van der Waals surface area contributed by atoms with Crippen LogP contribution in [0.3, 0.4) is 0 Å². The summed E-state index contributed by atoms with van der Waals surface area (Å²) in [4.78, 5) is 11.9. The molecule has 0 atom stereocenters. The third-order valence-corrected chi connectivity index (χ3v) is 5.59. The standard InChI is InChI=1S/C23H30N2O2/c1-16-9-11-20(12-10-16)25-17(2)21(22(18(25)3)23(26)27)15-24-14-13-19-7-5-4-6-8-19/h7,9-12,24H,4-6,8,13-15H2,1-3H3,(H,26,27). The Morgan fingerprint density at radius 2 is 1.85 bits per heavy atom. The number of nitrogens with one attached hydrogen (secondary N) is 1. The molecule has 0 aliphatic heterocycles. The molecule has 2 N–H and O–H groups in total. The fraction of sp³-hybridized carbons (Fsp3) is 0.435. The molecule has 3 rings (SSSR count). The summed E-state index contributed by atoms with van der Waals surface area (Å²) in [6.07, 6.45) is 8.45. The van der Waals surface area contributed by atoms with Crippen LogP contribution in [0.4, 0.5) is 0 Å². The van der Waals surface area contributed by atoms with Crippen molar-refractivity contribution in [2.45, 2.75) is 59.4 Å². The van der Waals surface area contributed by atoms with Gasteiger partial charge in [0.25, 0.3) is 0 Å². The lowest BCUT2D eigenvalue weighted by molar-refractivity contribution is 0.0695.